The van der Waals surface area contributed by atoms with Gasteiger partial charge in [0.2, 0.25) is 5.91 Å². The first-order valence-electron chi connectivity index (χ1n) is 7.58. The van der Waals surface area contributed by atoms with Gasteiger partial charge in [0.1, 0.15) is 0 Å². The highest BCUT2D eigenvalue weighted by molar-refractivity contribution is 5.95. The molecule has 0 aliphatic carbocycles. The lowest BCUT2D eigenvalue weighted by Crippen LogP contribution is -2.42. The summed E-state index contributed by atoms with van der Waals surface area (Å²) in [6, 6.07) is 10.2. The van der Waals surface area contributed by atoms with Crippen LogP contribution >= 0.6 is 0 Å². The summed E-state index contributed by atoms with van der Waals surface area (Å²) in [5.41, 5.74) is 5.33. The zero-order chi connectivity index (χ0) is 17.6. The molecule has 2 N–H and O–H groups in total. The van der Waals surface area contributed by atoms with Crippen molar-refractivity contribution in [2.75, 3.05) is 0 Å². The van der Waals surface area contributed by atoms with E-state index in [1.807, 2.05) is 0 Å². The van der Waals surface area contributed by atoms with Crippen LogP contribution in [-0.2, 0) is 11.3 Å². The van der Waals surface area contributed by atoms with E-state index in [1.54, 1.807) is 42.6 Å². The van der Waals surface area contributed by atoms with Crippen LogP contribution in [0.2, 0.25) is 0 Å². The van der Waals surface area contributed by atoms with Crippen LogP contribution in [0.3, 0.4) is 0 Å². The van der Waals surface area contributed by atoms with Crippen LogP contribution in [0.25, 0.3) is 10.9 Å². The minimum absolute atomic E-state index is 0.0211. The molecule has 0 radical (unpaired) electrons. The second-order valence-corrected chi connectivity index (χ2v) is 5.25. The summed E-state index contributed by atoms with van der Waals surface area (Å²) in [5.74, 6) is -0.886. The molecule has 0 unspecified atom stereocenters. The van der Waals surface area contributed by atoms with Crippen molar-refractivity contribution in [3.8, 4) is 0 Å². The predicted molar refractivity (Wildman–Crippen MR) is 90.5 cm³/mol. The van der Waals surface area contributed by atoms with E-state index in [-0.39, 0.29) is 18.5 Å². The van der Waals surface area contributed by atoms with E-state index < -0.39 is 11.8 Å². The van der Waals surface area contributed by atoms with Gasteiger partial charge in [-0.15, -0.1) is 0 Å². The average Bonchev–Trinajstić information content (AvgIpc) is 2.66. The highest BCUT2D eigenvalue weighted by Crippen LogP contribution is 2.04. The van der Waals surface area contributed by atoms with Gasteiger partial charge in [-0.2, -0.15) is 0 Å². The number of amides is 2. The lowest BCUT2D eigenvalue weighted by atomic mass is 10.2. The molecule has 0 aliphatic rings. The normalized spacial score (nSPS) is 10.4. The summed E-state index contributed by atoms with van der Waals surface area (Å²) in [4.78, 5) is 44.0. The summed E-state index contributed by atoms with van der Waals surface area (Å²) >= 11 is 0. The van der Waals surface area contributed by atoms with Gasteiger partial charge in [-0.25, -0.2) is 4.98 Å². The molecule has 0 spiro atoms. The lowest BCUT2D eigenvalue weighted by Gasteiger charge is -2.08. The van der Waals surface area contributed by atoms with E-state index >= 15 is 0 Å². The number of nitrogens with zero attached hydrogens (tertiary/aromatic N) is 3. The van der Waals surface area contributed by atoms with Gasteiger partial charge in [-0.05, 0) is 24.3 Å². The molecule has 2 heterocycles. The number of aromatic nitrogens is 3. The maximum Gasteiger partial charge on any atom is 0.271 e. The van der Waals surface area contributed by atoms with Crippen molar-refractivity contribution in [3.63, 3.8) is 0 Å². The van der Waals surface area contributed by atoms with Crippen LogP contribution in [0.4, 0.5) is 0 Å². The standard InChI is InChI=1S/C17H15N5O3/c23-15(20-21-16(24)12-4-3-8-18-10-12)7-9-22-11-19-14-6-2-1-5-13(14)17(22)25/h1-6,8,10-11H,7,9H2,(H,20,23)(H,21,24). The number of hydrogen-bond acceptors (Lipinski definition) is 5. The van der Waals surface area contributed by atoms with Crippen LogP contribution in [-0.4, -0.2) is 26.3 Å². The van der Waals surface area contributed by atoms with E-state index in [2.05, 4.69) is 20.8 Å². The SMILES string of the molecule is O=C(CCn1cnc2ccccc2c1=O)NNC(=O)c1cccnc1. The van der Waals surface area contributed by atoms with Gasteiger partial charge in [0, 0.05) is 25.4 Å². The third-order valence-corrected chi connectivity index (χ3v) is 3.55. The van der Waals surface area contributed by atoms with Crippen molar-refractivity contribution in [1.82, 2.24) is 25.4 Å². The smallest absolute Gasteiger partial charge is 0.271 e. The Morgan fingerprint density at radius 2 is 1.92 bits per heavy atom. The highest BCUT2D eigenvalue weighted by atomic mass is 16.2. The molecule has 1 aromatic carbocycles. The number of aryl methyl sites for hydroxylation is 1. The predicted octanol–water partition coefficient (Wildman–Crippen LogP) is 0.643. The molecule has 126 valence electrons. The third-order valence-electron chi connectivity index (χ3n) is 3.55. The summed E-state index contributed by atoms with van der Waals surface area (Å²) in [7, 11) is 0. The Hall–Kier alpha value is -3.55. The Bertz CT molecular complexity index is 969. The second-order valence-electron chi connectivity index (χ2n) is 5.25. The first-order chi connectivity index (χ1) is 12.1. The van der Waals surface area contributed by atoms with Gasteiger partial charge in [0.05, 0.1) is 22.8 Å². The van der Waals surface area contributed by atoms with Gasteiger partial charge in [0.15, 0.2) is 0 Å². The van der Waals surface area contributed by atoms with Gasteiger partial charge in [0.25, 0.3) is 11.5 Å². The Morgan fingerprint density at radius 3 is 2.72 bits per heavy atom. The molecular weight excluding hydrogens is 322 g/mol. The largest absolute Gasteiger partial charge is 0.298 e. The molecule has 25 heavy (non-hydrogen) atoms. The van der Waals surface area contributed by atoms with Crippen LogP contribution in [0.5, 0.6) is 0 Å². The van der Waals surface area contributed by atoms with Crippen molar-refractivity contribution in [1.29, 1.82) is 0 Å². The number of para-hydroxylation sites is 1. The number of benzene rings is 1. The van der Waals surface area contributed by atoms with Gasteiger partial charge >= 0.3 is 0 Å². The Labute approximate surface area is 142 Å². The van der Waals surface area contributed by atoms with E-state index in [4.69, 9.17) is 0 Å². The maximum atomic E-state index is 12.3. The topological polar surface area (TPSA) is 106 Å². The second kappa shape index (κ2) is 7.35. The number of rotatable bonds is 4. The summed E-state index contributed by atoms with van der Waals surface area (Å²) in [5, 5.41) is 0.496. The number of hydrazine groups is 1. The minimum atomic E-state index is -0.467. The lowest BCUT2D eigenvalue weighted by molar-refractivity contribution is -0.122. The average molecular weight is 337 g/mol. The summed E-state index contributed by atoms with van der Waals surface area (Å²) in [6.07, 6.45) is 4.37. The summed E-state index contributed by atoms with van der Waals surface area (Å²) in [6.45, 7) is 0.158. The van der Waals surface area contributed by atoms with E-state index in [1.165, 1.54) is 17.1 Å². The van der Waals surface area contributed by atoms with Gasteiger partial charge < -0.3 is 0 Å². The molecule has 0 fully saturated rings. The number of pyridine rings is 1. The fourth-order valence-corrected chi connectivity index (χ4v) is 2.25. The van der Waals surface area contributed by atoms with Crippen molar-refractivity contribution in [2.24, 2.45) is 0 Å². The summed E-state index contributed by atoms with van der Waals surface area (Å²) < 4.78 is 1.37. The number of carbonyl (C=O) groups is 2. The van der Waals surface area contributed by atoms with E-state index in [9.17, 15) is 14.4 Å². The van der Waals surface area contributed by atoms with Crippen LogP contribution in [0.1, 0.15) is 16.8 Å². The molecule has 2 amide bonds. The van der Waals surface area contributed by atoms with Crippen LogP contribution < -0.4 is 16.4 Å². The molecular formula is C17H15N5O3. The zero-order valence-electron chi connectivity index (χ0n) is 13.2. The van der Waals surface area contributed by atoms with Gasteiger partial charge in [-0.1, -0.05) is 12.1 Å². The van der Waals surface area contributed by atoms with E-state index in [0.717, 1.165) is 0 Å². The number of hydrogen-bond donors (Lipinski definition) is 2. The van der Waals surface area contributed by atoms with Crippen molar-refractivity contribution >= 4 is 22.7 Å². The van der Waals surface area contributed by atoms with Crippen molar-refractivity contribution < 1.29 is 9.59 Å². The fraction of sp³-hybridized carbons (Fsp3) is 0.118. The van der Waals surface area contributed by atoms with Crippen molar-refractivity contribution in [3.05, 3.63) is 71.0 Å². The molecule has 0 aliphatic heterocycles. The number of nitrogens with one attached hydrogen (secondary N) is 2. The molecule has 0 saturated carbocycles. The molecule has 8 nitrogen and oxygen atoms in total. The number of carbonyl (C=O) groups excluding carboxylic acids is 2. The Morgan fingerprint density at radius 1 is 1.08 bits per heavy atom. The highest BCUT2D eigenvalue weighted by Gasteiger charge is 2.09. The van der Waals surface area contributed by atoms with Gasteiger partial charge in [-0.3, -0.25) is 34.8 Å². The molecule has 8 heteroatoms. The molecule has 2 aromatic heterocycles. The third kappa shape index (κ3) is 3.86. The van der Waals surface area contributed by atoms with Crippen LogP contribution in [0, 0.1) is 0 Å². The zero-order valence-corrected chi connectivity index (χ0v) is 13.2. The quantitative estimate of drug-likeness (QED) is 0.680. The van der Waals surface area contributed by atoms with Crippen molar-refractivity contribution in [2.45, 2.75) is 13.0 Å². The Kier molecular flexibility index (Phi) is 4.79. The molecule has 3 aromatic rings. The monoisotopic (exact) mass is 337 g/mol. The first kappa shape index (κ1) is 16.3. The Balaban J connectivity index is 1.57. The molecule has 3 rings (SSSR count). The maximum absolute atomic E-state index is 12.3. The van der Waals surface area contributed by atoms with E-state index in [0.29, 0.717) is 16.5 Å². The first-order valence-corrected chi connectivity index (χ1v) is 7.58. The minimum Gasteiger partial charge on any atom is -0.298 e. The molecule has 0 atom stereocenters. The van der Waals surface area contributed by atoms with Crippen LogP contribution in [0.15, 0.2) is 59.9 Å². The molecule has 0 saturated heterocycles. The fourth-order valence-electron chi connectivity index (χ4n) is 2.25. The molecule has 0 bridgehead atoms. The number of fused-ring (bicyclic) bond motifs is 1.